The molecule has 0 aromatic carbocycles. The number of sulfone groups is 1. The molecule has 22 heavy (non-hydrogen) atoms. The van der Waals surface area contributed by atoms with E-state index in [2.05, 4.69) is 24.5 Å². The molecule has 0 aromatic heterocycles. The molecule has 0 unspecified atom stereocenters. The van der Waals surface area contributed by atoms with Crippen LogP contribution in [-0.4, -0.2) is 39.0 Å². The molecule has 5 nitrogen and oxygen atoms in total. The second-order valence-corrected chi connectivity index (χ2v) is 10.4. The van der Waals surface area contributed by atoms with Gasteiger partial charge in [0.2, 0.25) is 0 Å². The fraction of sp³-hybridized carbons (Fsp3) is 0.938. The Balaban J connectivity index is 2.41. The summed E-state index contributed by atoms with van der Waals surface area (Å²) >= 11 is 0. The van der Waals surface area contributed by atoms with Crippen LogP contribution in [0.25, 0.3) is 0 Å². The van der Waals surface area contributed by atoms with Crippen molar-refractivity contribution in [1.82, 2.24) is 10.6 Å². The zero-order chi connectivity index (χ0) is 17.0. The SMILES string of the molecule is CC(C)(CCS(C)(=O)=O)CNC(=O)N[C@H]1CCCCC1(C)C. The summed E-state index contributed by atoms with van der Waals surface area (Å²) in [5, 5.41) is 5.99. The van der Waals surface area contributed by atoms with Crippen molar-refractivity contribution < 1.29 is 13.2 Å². The molecule has 0 radical (unpaired) electrons. The molecule has 0 heterocycles. The molecule has 0 aromatic rings. The minimum absolute atomic E-state index is 0.140. The average molecular weight is 333 g/mol. The van der Waals surface area contributed by atoms with Gasteiger partial charge in [0.1, 0.15) is 9.84 Å². The van der Waals surface area contributed by atoms with Gasteiger partial charge in [-0.2, -0.15) is 0 Å². The van der Waals surface area contributed by atoms with E-state index in [1.165, 1.54) is 12.7 Å². The largest absolute Gasteiger partial charge is 0.338 e. The van der Waals surface area contributed by atoms with E-state index < -0.39 is 9.84 Å². The maximum Gasteiger partial charge on any atom is 0.315 e. The lowest BCUT2D eigenvalue weighted by Gasteiger charge is -2.39. The Hall–Kier alpha value is -0.780. The standard InChI is InChI=1S/C16H32N2O3S/c1-15(2,10-11-22(5,20)21)12-17-14(19)18-13-8-6-7-9-16(13,3)4/h13H,6-12H2,1-5H3,(H2,17,18,19)/t13-/m0/s1. The van der Waals surface area contributed by atoms with Crippen LogP contribution in [0.5, 0.6) is 0 Å². The van der Waals surface area contributed by atoms with Gasteiger partial charge in [-0.05, 0) is 30.1 Å². The van der Waals surface area contributed by atoms with Crippen LogP contribution in [0, 0.1) is 10.8 Å². The first-order chi connectivity index (χ1) is 9.91. The number of carbonyl (C=O) groups is 1. The van der Waals surface area contributed by atoms with Crippen molar-refractivity contribution in [1.29, 1.82) is 0 Å². The predicted molar refractivity (Wildman–Crippen MR) is 90.7 cm³/mol. The molecule has 1 atom stereocenters. The van der Waals surface area contributed by atoms with Gasteiger partial charge in [0.15, 0.2) is 0 Å². The Labute approximate surface area is 135 Å². The zero-order valence-electron chi connectivity index (χ0n) is 14.7. The first-order valence-electron chi connectivity index (χ1n) is 8.13. The topological polar surface area (TPSA) is 75.3 Å². The lowest BCUT2D eigenvalue weighted by Crippen LogP contribution is -2.51. The van der Waals surface area contributed by atoms with Crippen molar-refractivity contribution in [2.45, 2.75) is 65.8 Å². The number of urea groups is 1. The highest BCUT2D eigenvalue weighted by Crippen LogP contribution is 2.35. The van der Waals surface area contributed by atoms with Crippen LogP contribution < -0.4 is 10.6 Å². The molecule has 130 valence electrons. The Morgan fingerprint density at radius 3 is 2.45 bits per heavy atom. The lowest BCUT2D eigenvalue weighted by molar-refractivity contribution is 0.164. The Morgan fingerprint density at radius 1 is 1.27 bits per heavy atom. The quantitative estimate of drug-likeness (QED) is 0.785. The summed E-state index contributed by atoms with van der Waals surface area (Å²) in [6.07, 6.45) is 6.34. The van der Waals surface area contributed by atoms with E-state index in [1.54, 1.807) is 0 Å². The van der Waals surface area contributed by atoms with Crippen LogP contribution in [0.1, 0.15) is 59.8 Å². The normalized spacial score (nSPS) is 22.1. The summed E-state index contributed by atoms with van der Waals surface area (Å²) in [4.78, 5) is 12.1. The van der Waals surface area contributed by atoms with E-state index in [4.69, 9.17) is 0 Å². The second-order valence-electron chi connectivity index (χ2n) is 8.16. The van der Waals surface area contributed by atoms with E-state index in [0.29, 0.717) is 13.0 Å². The Bertz CT molecular complexity index is 484. The molecule has 1 saturated carbocycles. The molecule has 0 saturated heterocycles. The second kappa shape index (κ2) is 7.20. The number of nitrogens with one attached hydrogen (secondary N) is 2. The van der Waals surface area contributed by atoms with Gasteiger partial charge in [0.25, 0.3) is 0 Å². The van der Waals surface area contributed by atoms with Gasteiger partial charge < -0.3 is 10.6 Å². The first-order valence-corrected chi connectivity index (χ1v) is 10.2. The highest BCUT2D eigenvalue weighted by molar-refractivity contribution is 7.90. The molecular weight excluding hydrogens is 300 g/mol. The highest BCUT2D eigenvalue weighted by atomic mass is 32.2. The smallest absolute Gasteiger partial charge is 0.315 e. The number of amides is 2. The van der Waals surface area contributed by atoms with E-state index in [1.807, 2.05) is 13.8 Å². The van der Waals surface area contributed by atoms with Crippen LogP contribution in [0.3, 0.4) is 0 Å². The fourth-order valence-corrected chi connectivity index (χ4v) is 3.76. The van der Waals surface area contributed by atoms with Crippen LogP contribution >= 0.6 is 0 Å². The highest BCUT2D eigenvalue weighted by Gasteiger charge is 2.33. The molecule has 6 heteroatoms. The van der Waals surface area contributed by atoms with Gasteiger partial charge in [0, 0.05) is 18.8 Å². The van der Waals surface area contributed by atoms with Crippen molar-refractivity contribution in [3.63, 3.8) is 0 Å². The zero-order valence-corrected chi connectivity index (χ0v) is 15.5. The van der Waals surface area contributed by atoms with Crippen LogP contribution in [0.4, 0.5) is 4.79 Å². The van der Waals surface area contributed by atoms with Crippen LogP contribution in [-0.2, 0) is 9.84 Å². The molecule has 1 fully saturated rings. The van der Waals surface area contributed by atoms with Crippen LogP contribution in [0.15, 0.2) is 0 Å². The van der Waals surface area contributed by atoms with Crippen molar-refractivity contribution in [2.24, 2.45) is 10.8 Å². The fourth-order valence-electron chi connectivity index (χ4n) is 2.84. The van der Waals surface area contributed by atoms with Gasteiger partial charge in [0.05, 0.1) is 5.75 Å². The predicted octanol–water partition coefficient (Wildman–Crippen LogP) is 2.72. The Kier molecular flexibility index (Phi) is 6.30. The monoisotopic (exact) mass is 332 g/mol. The van der Waals surface area contributed by atoms with Crippen molar-refractivity contribution in [2.75, 3.05) is 18.6 Å². The average Bonchev–Trinajstić information content (AvgIpc) is 2.36. The third kappa shape index (κ3) is 6.99. The molecule has 0 bridgehead atoms. The van der Waals surface area contributed by atoms with E-state index in [0.717, 1.165) is 19.3 Å². The minimum atomic E-state index is -2.96. The van der Waals surface area contributed by atoms with Gasteiger partial charge in [-0.1, -0.05) is 40.5 Å². The van der Waals surface area contributed by atoms with E-state index in [9.17, 15) is 13.2 Å². The van der Waals surface area contributed by atoms with Crippen molar-refractivity contribution in [3.05, 3.63) is 0 Å². The Morgan fingerprint density at radius 2 is 1.91 bits per heavy atom. The third-order valence-corrected chi connectivity index (χ3v) is 5.64. The summed E-state index contributed by atoms with van der Waals surface area (Å²) in [5.74, 6) is 0.152. The molecule has 1 aliphatic rings. The molecule has 2 N–H and O–H groups in total. The number of hydrogen-bond donors (Lipinski definition) is 2. The van der Waals surface area contributed by atoms with Gasteiger partial charge >= 0.3 is 6.03 Å². The molecule has 0 aliphatic heterocycles. The van der Waals surface area contributed by atoms with E-state index >= 15 is 0 Å². The van der Waals surface area contributed by atoms with E-state index in [-0.39, 0.29) is 28.7 Å². The molecule has 1 aliphatic carbocycles. The summed E-state index contributed by atoms with van der Waals surface area (Å²) in [5.41, 5.74) is -0.0934. The maximum absolute atomic E-state index is 12.1. The summed E-state index contributed by atoms with van der Waals surface area (Å²) in [6, 6.07) is 0.0628. The summed E-state index contributed by atoms with van der Waals surface area (Å²) in [6.45, 7) is 8.83. The number of carbonyl (C=O) groups excluding carboxylic acids is 1. The third-order valence-electron chi connectivity index (χ3n) is 4.69. The minimum Gasteiger partial charge on any atom is -0.338 e. The lowest BCUT2D eigenvalue weighted by atomic mass is 9.73. The molecule has 1 rings (SSSR count). The van der Waals surface area contributed by atoms with Gasteiger partial charge in [-0.25, -0.2) is 13.2 Å². The van der Waals surface area contributed by atoms with Crippen molar-refractivity contribution >= 4 is 15.9 Å². The van der Waals surface area contributed by atoms with Gasteiger partial charge in [-0.3, -0.25) is 0 Å². The van der Waals surface area contributed by atoms with Crippen LogP contribution in [0.2, 0.25) is 0 Å². The number of hydrogen-bond acceptors (Lipinski definition) is 3. The summed E-state index contributed by atoms with van der Waals surface area (Å²) in [7, 11) is -2.96. The molecule has 2 amide bonds. The first kappa shape index (κ1) is 19.3. The maximum atomic E-state index is 12.1. The van der Waals surface area contributed by atoms with Crippen molar-refractivity contribution in [3.8, 4) is 0 Å². The number of rotatable bonds is 6. The summed E-state index contributed by atoms with van der Waals surface area (Å²) < 4.78 is 22.5. The molecule has 0 spiro atoms. The molecular formula is C16H32N2O3S. The van der Waals surface area contributed by atoms with Gasteiger partial charge in [-0.15, -0.1) is 0 Å².